The highest BCUT2D eigenvalue weighted by Crippen LogP contribution is 2.40. The van der Waals surface area contributed by atoms with Crippen molar-refractivity contribution in [2.45, 2.75) is 45.1 Å². The van der Waals surface area contributed by atoms with E-state index < -0.39 is 0 Å². The molecule has 0 aliphatic heterocycles. The standard InChI is InChI=1S/C11H18N2S/c1-11(4-2-3-5-11)10(12)6-9-7-13-8-14-9/h7-8,10H,2-6,12H2,1H3. The van der Waals surface area contributed by atoms with Crippen molar-refractivity contribution < 1.29 is 0 Å². The summed E-state index contributed by atoms with van der Waals surface area (Å²) in [5.74, 6) is 0. The number of nitrogens with two attached hydrogens (primary N) is 1. The molecule has 1 aliphatic rings. The molecule has 2 N–H and O–H groups in total. The summed E-state index contributed by atoms with van der Waals surface area (Å²) in [7, 11) is 0. The van der Waals surface area contributed by atoms with E-state index in [-0.39, 0.29) is 0 Å². The quantitative estimate of drug-likeness (QED) is 0.833. The zero-order valence-electron chi connectivity index (χ0n) is 8.70. The van der Waals surface area contributed by atoms with E-state index in [1.54, 1.807) is 11.3 Å². The number of hydrogen-bond donors (Lipinski definition) is 1. The first-order valence-electron chi connectivity index (χ1n) is 5.34. The molecule has 1 aromatic rings. The molecular weight excluding hydrogens is 192 g/mol. The first-order chi connectivity index (χ1) is 6.71. The second-order valence-corrected chi connectivity index (χ2v) is 5.61. The van der Waals surface area contributed by atoms with Gasteiger partial charge < -0.3 is 5.73 Å². The fourth-order valence-corrected chi connectivity index (χ4v) is 3.01. The summed E-state index contributed by atoms with van der Waals surface area (Å²) in [5.41, 5.74) is 8.55. The van der Waals surface area contributed by atoms with E-state index in [1.165, 1.54) is 30.6 Å². The van der Waals surface area contributed by atoms with Gasteiger partial charge in [0.2, 0.25) is 0 Å². The Bertz CT molecular complexity index is 275. The van der Waals surface area contributed by atoms with Crippen molar-refractivity contribution in [3.63, 3.8) is 0 Å². The van der Waals surface area contributed by atoms with Crippen molar-refractivity contribution in [3.05, 3.63) is 16.6 Å². The van der Waals surface area contributed by atoms with Crippen LogP contribution in [0.5, 0.6) is 0 Å². The van der Waals surface area contributed by atoms with Crippen LogP contribution in [0.25, 0.3) is 0 Å². The van der Waals surface area contributed by atoms with Gasteiger partial charge in [-0.3, -0.25) is 4.98 Å². The lowest BCUT2D eigenvalue weighted by molar-refractivity contribution is 0.261. The van der Waals surface area contributed by atoms with Crippen LogP contribution in [0, 0.1) is 5.41 Å². The highest BCUT2D eigenvalue weighted by atomic mass is 32.1. The third kappa shape index (κ3) is 1.98. The fraction of sp³-hybridized carbons (Fsp3) is 0.727. The molecule has 2 rings (SSSR count). The van der Waals surface area contributed by atoms with Crippen molar-refractivity contribution in [3.8, 4) is 0 Å². The Morgan fingerprint density at radius 2 is 2.29 bits per heavy atom. The summed E-state index contributed by atoms with van der Waals surface area (Å²) in [6.07, 6.45) is 8.25. The van der Waals surface area contributed by atoms with Crippen LogP contribution in [0.1, 0.15) is 37.5 Å². The normalized spacial score (nSPS) is 22.4. The summed E-state index contributed by atoms with van der Waals surface area (Å²) >= 11 is 1.72. The third-order valence-electron chi connectivity index (χ3n) is 3.55. The minimum absolute atomic E-state index is 0.311. The molecule has 0 aromatic carbocycles. The van der Waals surface area contributed by atoms with E-state index in [0.29, 0.717) is 11.5 Å². The van der Waals surface area contributed by atoms with E-state index in [9.17, 15) is 0 Å². The van der Waals surface area contributed by atoms with Gasteiger partial charge in [-0.25, -0.2) is 0 Å². The van der Waals surface area contributed by atoms with Gasteiger partial charge in [-0.05, 0) is 24.7 Å². The average molecular weight is 210 g/mol. The number of thiazole rings is 1. The Balaban J connectivity index is 1.98. The molecule has 0 spiro atoms. The van der Waals surface area contributed by atoms with Crippen LogP contribution in [0.15, 0.2) is 11.7 Å². The van der Waals surface area contributed by atoms with Crippen molar-refractivity contribution >= 4 is 11.3 Å². The molecule has 1 aromatic heterocycles. The highest BCUT2D eigenvalue weighted by Gasteiger charge is 2.34. The maximum Gasteiger partial charge on any atom is 0.0794 e. The molecule has 0 radical (unpaired) electrons. The summed E-state index contributed by atoms with van der Waals surface area (Å²) in [4.78, 5) is 5.41. The van der Waals surface area contributed by atoms with Crippen LogP contribution in [-0.2, 0) is 6.42 Å². The number of rotatable bonds is 3. The predicted molar refractivity (Wildman–Crippen MR) is 60.4 cm³/mol. The monoisotopic (exact) mass is 210 g/mol. The van der Waals surface area contributed by atoms with E-state index in [4.69, 9.17) is 5.73 Å². The van der Waals surface area contributed by atoms with Gasteiger partial charge in [0.25, 0.3) is 0 Å². The molecule has 78 valence electrons. The molecule has 1 fully saturated rings. The van der Waals surface area contributed by atoms with Crippen LogP contribution >= 0.6 is 11.3 Å². The Morgan fingerprint density at radius 1 is 1.57 bits per heavy atom. The molecule has 3 heteroatoms. The number of nitrogens with zero attached hydrogens (tertiary/aromatic N) is 1. The molecule has 2 nitrogen and oxygen atoms in total. The van der Waals surface area contributed by atoms with Crippen molar-refractivity contribution in [1.29, 1.82) is 0 Å². The van der Waals surface area contributed by atoms with Crippen LogP contribution < -0.4 is 5.73 Å². The van der Waals surface area contributed by atoms with Gasteiger partial charge in [-0.15, -0.1) is 11.3 Å². The number of aromatic nitrogens is 1. The molecule has 0 amide bonds. The molecule has 1 saturated carbocycles. The Kier molecular flexibility index (Phi) is 2.88. The largest absolute Gasteiger partial charge is 0.327 e. The van der Waals surface area contributed by atoms with Gasteiger partial charge in [0.05, 0.1) is 5.51 Å². The lowest BCUT2D eigenvalue weighted by atomic mass is 9.79. The van der Waals surface area contributed by atoms with E-state index in [2.05, 4.69) is 11.9 Å². The topological polar surface area (TPSA) is 38.9 Å². The van der Waals surface area contributed by atoms with Gasteiger partial charge in [0.15, 0.2) is 0 Å². The van der Waals surface area contributed by atoms with Gasteiger partial charge in [0, 0.05) is 17.1 Å². The average Bonchev–Trinajstić information content (AvgIpc) is 2.76. The Hall–Kier alpha value is -0.410. The lowest BCUT2D eigenvalue weighted by Gasteiger charge is -2.30. The van der Waals surface area contributed by atoms with Crippen LogP contribution in [0.3, 0.4) is 0 Å². The third-order valence-corrected chi connectivity index (χ3v) is 4.35. The van der Waals surface area contributed by atoms with Gasteiger partial charge in [-0.2, -0.15) is 0 Å². The van der Waals surface area contributed by atoms with E-state index in [0.717, 1.165) is 6.42 Å². The summed E-state index contributed by atoms with van der Waals surface area (Å²) in [6.45, 7) is 2.34. The molecule has 14 heavy (non-hydrogen) atoms. The SMILES string of the molecule is CC1(C(N)Cc2cncs2)CCCC1. The van der Waals surface area contributed by atoms with E-state index in [1.807, 2.05) is 11.7 Å². The zero-order chi connectivity index (χ0) is 10.0. The van der Waals surface area contributed by atoms with Gasteiger partial charge >= 0.3 is 0 Å². The van der Waals surface area contributed by atoms with Crippen LogP contribution in [-0.4, -0.2) is 11.0 Å². The summed E-state index contributed by atoms with van der Waals surface area (Å²) in [6, 6.07) is 0.311. The first kappa shape index (κ1) is 10.1. The number of hydrogen-bond acceptors (Lipinski definition) is 3. The van der Waals surface area contributed by atoms with Gasteiger partial charge in [-0.1, -0.05) is 19.8 Å². The van der Waals surface area contributed by atoms with Crippen molar-refractivity contribution in [1.82, 2.24) is 4.98 Å². The summed E-state index contributed by atoms with van der Waals surface area (Å²) < 4.78 is 0. The molecule has 1 atom stereocenters. The molecule has 0 bridgehead atoms. The predicted octanol–water partition coefficient (Wildman–Crippen LogP) is 2.59. The van der Waals surface area contributed by atoms with E-state index >= 15 is 0 Å². The van der Waals surface area contributed by atoms with Crippen molar-refractivity contribution in [2.24, 2.45) is 11.1 Å². The zero-order valence-corrected chi connectivity index (χ0v) is 9.52. The maximum absolute atomic E-state index is 6.28. The lowest BCUT2D eigenvalue weighted by Crippen LogP contribution is -2.39. The molecule has 1 unspecified atom stereocenters. The highest BCUT2D eigenvalue weighted by molar-refractivity contribution is 7.09. The fourth-order valence-electron chi connectivity index (χ4n) is 2.36. The second kappa shape index (κ2) is 3.99. The minimum Gasteiger partial charge on any atom is -0.327 e. The molecule has 1 aliphatic carbocycles. The molecular formula is C11H18N2S. The smallest absolute Gasteiger partial charge is 0.0794 e. The molecule has 0 saturated heterocycles. The first-order valence-corrected chi connectivity index (χ1v) is 6.22. The van der Waals surface area contributed by atoms with Gasteiger partial charge in [0.1, 0.15) is 0 Å². The second-order valence-electron chi connectivity index (χ2n) is 4.64. The summed E-state index contributed by atoms with van der Waals surface area (Å²) in [5, 5.41) is 0. The molecule has 1 heterocycles. The Morgan fingerprint density at radius 3 is 2.86 bits per heavy atom. The van der Waals surface area contributed by atoms with Crippen LogP contribution in [0.4, 0.5) is 0 Å². The Labute approximate surface area is 89.5 Å². The van der Waals surface area contributed by atoms with Crippen molar-refractivity contribution in [2.75, 3.05) is 0 Å². The minimum atomic E-state index is 0.311. The van der Waals surface area contributed by atoms with Crippen LogP contribution in [0.2, 0.25) is 0 Å². The maximum atomic E-state index is 6.28.